The van der Waals surface area contributed by atoms with E-state index in [0.717, 1.165) is 11.4 Å². The van der Waals surface area contributed by atoms with E-state index in [0.29, 0.717) is 0 Å². The highest BCUT2D eigenvalue weighted by molar-refractivity contribution is 7.80. The van der Waals surface area contributed by atoms with Gasteiger partial charge in [-0.05, 0) is 24.4 Å². The van der Waals surface area contributed by atoms with E-state index in [2.05, 4.69) is 23.1 Å². The van der Waals surface area contributed by atoms with Crippen molar-refractivity contribution in [3.05, 3.63) is 24.3 Å². The first-order valence-corrected chi connectivity index (χ1v) is 4.09. The topological polar surface area (TPSA) is 59.3 Å². The maximum Gasteiger partial charge on any atom is 0.182 e. The summed E-state index contributed by atoms with van der Waals surface area (Å²) in [6, 6.07) is 7.45. The van der Waals surface area contributed by atoms with Gasteiger partial charge < -0.3 is 10.5 Å². The van der Waals surface area contributed by atoms with Gasteiger partial charge in [0.25, 0.3) is 0 Å². The molecular formula is C8H11N3OS. The molecule has 13 heavy (non-hydrogen) atoms. The van der Waals surface area contributed by atoms with Crippen molar-refractivity contribution >= 4 is 23.0 Å². The lowest BCUT2D eigenvalue weighted by molar-refractivity contribution is 0.416. The molecule has 1 aromatic rings. The molecule has 5 heteroatoms. The van der Waals surface area contributed by atoms with Gasteiger partial charge in [0.2, 0.25) is 0 Å². The standard InChI is InChI=1S/C8H11N3OS/c1-12-7-5-3-2-4-6(7)10-11-8(9)13/h2-5,10H,1H3,(H3,9,11,13). The second kappa shape index (κ2) is 4.51. The van der Waals surface area contributed by atoms with Crippen LogP contribution in [0.1, 0.15) is 0 Å². The van der Waals surface area contributed by atoms with Crippen molar-refractivity contribution in [2.24, 2.45) is 5.73 Å². The lowest BCUT2D eigenvalue weighted by Gasteiger charge is -2.10. The number of rotatable bonds is 3. The second-order valence-electron chi connectivity index (χ2n) is 2.31. The predicted octanol–water partition coefficient (Wildman–Crippen LogP) is 0.855. The Morgan fingerprint density at radius 3 is 2.77 bits per heavy atom. The molecule has 70 valence electrons. The molecule has 0 bridgehead atoms. The Hall–Kier alpha value is -1.49. The lowest BCUT2D eigenvalue weighted by atomic mass is 10.3. The zero-order valence-electron chi connectivity index (χ0n) is 7.20. The third-order valence-corrected chi connectivity index (χ3v) is 1.53. The van der Waals surface area contributed by atoms with E-state index >= 15 is 0 Å². The Balaban J connectivity index is 2.69. The van der Waals surface area contributed by atoms with Crippen LogP contribution < -0.4 is 21.3 Å². The monoisotopic (exact) mass is 197 g/mol. The number of nitrogens with two attached hydrogens (primary N) is 1. The van der Waals surface area contributed by atoms with Gasteiger partial charge in [0, 0.05) is 0 Å². The smallest absolute Gasteiger partial charge is 0.182 e. The van der Waals surface area contributed by atoms with Gasteiger partial charge in [0.05, 0.1) is 12.8 Å². The van der Waals surface area contributed by atoms with Crippen molar-refractivity contribution < 1.29 is 4.74 Å². The Kier molecular flexibility index (Phi) is 3.33. The van der Waals surface area contributed by atoms with Gasteiger partial charge >= 0.3 is 0 Å². The molecule has 0 aliphatic heterocycles. The molecular weight excluding hydrogens is 186 g/mol. The van der Waals surface area contributed by atoms with Crippen molar-refractivity contribution in [3.8, 4) is 5.75 Å². The number of hydrazine groups is 1. The summed E-state index contributed by atoms with van der Waals surface area (Å²) in [5.74, 6) is 0.728. The Bertz CT molecular complexity index is 303. The number of hydrogen-bond acceptors (Lipinski definition) is 3. The molecule has 0 saturated carbocycles. The number of ether oxygens (including phenoxy) is 1. The highest BCUT2D eigenvalue weighted by Gasteiger charge is 1.98. The van der Waals surface area contributed by atoms with Crippen LogP contribution >= 0.6 is 12.2 Å². The normalized spacial score (nSPS) is 9.00. The number of anilines is 1. The molecule has 1 aromatic carbocycles. The van der Waals surface area contributed by atoms with Crippen molar-refractivity contribution in [1.29, 1.82) is 0 Å². The van der Waals surface area contributed by atoms with Gasteiger partial charge in [-0.3, -0.25) is 10.9 Å². The summed E-state index contributed by atoms with van der Waals surface area (Å²) in [6.07, 6.45) is 0. The average molecular weight is 197 g/mol. The SMILES string of the molecule is COc1ccccc1NNC(N)=S. The van der Waals surface area contributed by atoms with Crippen LogP contribution in [0, 0.1) is 0 Å². The maximum atomic E-state index is 5.25. The summed E-state index contributed by atoms with van der Waals surface area (Å²) in [5.41, 5.74) is 11.5. The van der Waals surface area contributed by atoms with E-state index in [9.17, 15) is 0 Å². The number of benzene rings is 1. The molecule has 0 amide bonds. The lowest BCUT2D eigenvalue weighted by Crippen LogP contribution is -2.34. The van der Waals surface area contributed by atoms with Gasteiger partial charge in [-0.2, -0.15) is 0 Å². The molecule has 0 radical (unpaired) electrons. The van der Waals surface area contributed by atoms with Crippen LogP contribution in [-0.4, -0.2) is 12.2 Å². The first-order chi connectivity index (χ1) is 6.24. The van der Waals surface area contributed by atoms with E-state index in [1.165, 1.54) is 0 Å². The number of nitrogens with one attached hydrogen (secondary N) is 2. The summed E-state index contributed by atoms with van der Waals surface area (Å²) >= 11 is 4.64. The van der Waals surface area contributed by atoms with Crippen LogP contribution in [0.2, 0.25) is 0 Å². The predicted molar refractivity (Wildman–Crippen MR) is 56.5 cm³/mol. The summed E-state index contributed by atoms with van der Waals surface area (Å²) < 4.78 is 5.09. The van der Waals surface area contributed by atoms with Crippen LogP contribution in [0.5, 0.6) is 5.75 Å². The minimum Gasteiger partial charge on any atom is -0.495 e. The second-order valence-corrected chi connectivity index (χ2v) is 2.75. The van der Waals surface area contributed by atoms with Crippen LogP contribution in [0.25, 0.3) is 0 Å². The first kappa shape index (κ1) is 9.60. The largest absolute Gasteiger partial charge is 0.495 e. The molecule has 0 fully saturated rings. The van der Waals surface area contributed by atoms with E-state index in [-0.39, 0.29) is 5.11 Å². The fourth-order valence-electron chi connectivity index (χ4n) is 0.877. The zero-order chi connectivity index (χ0) is 9.68. The minimum absolute atomic E-state index is 0.186. The molecule has 0 atom stereocenters. The van der Waals surface area contributed by atoms with Gasteiger partial charge in [0.1, 0.15) is 5.75 Å². The van der Waals surface area contributed by atoms with Crippen LogP contribution in [0.15, 0.2) is 24.3 Å². The van der Waals surface area contributed by atoms with Gasteiger partial charge in [-0.25, -0.2) is 0 Å². The van der Waals surface area contributed by atoms with E-state index in [1.54, 1.807) is 7.11 Å². The molecule has 1 rings (SSSR count). The minimum atomic E-state index is 0.186. The van der Waals surface area contributed by atoms with Crippen LogP contribution in [-0.2, 0) is 0 Å². The van der Waals surface area contributed by atoms with E-state index in [1.807, 2.05) is 24.3 Å². The number of hydrogen-bond donors (Lipinski definition) is 3. The van der Waals surface area contributed by atoms with Gasteiger partial charge in [-0.15, -0.1) is 0 Å². The molecule has 4 nitrogen and oxygen atoms in total. The van der Waals surface area contributed by atoms with E-state index < -0.39 is 0 Å². The fourth-order valence-corrected chi connectivity index (χ4v) is 0.928. The fraction of sp³-hybridized carbons (Fsp3) is 0.125. The molecule has 0 aliphatic rings. The van der Waals surface area contributed by atoms with Gasteiger partial charge in [0.15, 0.2) is 5.11 Å². The highest BCUT2D eigenvalue weighted by atomic mass is 32.1. The quantitative estimate of drug-likeness (QED) is 0.495. The van der Waals surface area contributed by atoms with Gasteiger partial charge in [-0.1, -0.05) is 12.1 Å². The summed E-state index contributed by atoms with van der Waals surface area (Å²) in [4.78, 5) is 0. The molecule has 4 N–H and O–H groups in total. The van der Waals surface area contributed by atoms with Crippen LogP contribution in [0.4, 0.5) is 5.69 Å². The maximum absolute atomic E-state index is 5.25. The molecule has 0 saturated heterocycles. The van der Waals surface area contributed by atoms with Crippen molar-refractivity contribution in [2.75, 3.05) is 12.5 Å². The zero-order valence-corrected chi connectivity index (χ0v) is 8.02. The Labute approximate surface area is 82.0 Å². The molecule has 0 aliphatic carbocycles. The average Bonchev–Trinajstić information content (AvgIpc) is 2.15. The number of methoxy groups -OCH3 is 1. The summed E-state index contributed by atoms with van der Waals surface area (Å²) in [5, 5.41) is 0.186. The third kappa shape index (κ3) is 2.79. The van der Waals surface area contributed by atoms with Crippen molar-refractivity contribution in [2.45, 2.75) is 0 Å². The summed E-state index contributed by atoms with van der Waals surface area (Å²) in [6.45, 7) is 0. The summed E-state index contributed by atoms with van der Waals surface area (Å²) in [7, 11) is 1.60. The number of para-hydroxylation sites is 2. The first-order valence-electron chi connectivity index (χ1n) is 3.68. The van der Waals surface area contributed by atoms with Crippen LogP contribution in [0.3, 0.4) is 0 Å². The third-order valence-electron chi connectivity index (χ3n) is 1.43. The molecule has 0 unspecified atom stereocenters. The molecule has 0 heterocycles. The Morgan fingerprint density at radius 1 is 1.46 bits per heavy atom. The van der Waals surface area contributed by atoms with Crippen molar-refractivity contribution in [1.82, 2.24) is 5.43 Å². The Morgan fingerprint density at radius 2 is 2.15 bits per heavy atom. The molecule has 0 spiro atoms. The molecule has 0 aromatic heterocycles. The van der Waals surface area contributed by atoms with Crippen molar-refractivity contribution in [3.63, 3.8) is 0 Å². The number of thiocarbonyl (C=S) groups is 1. The highest BCUT2D eigenvalue weighted by Crippen LogP contribution is 2.21. The van der Waals surface area contributed by atoms with E-state index in [4.69, 9.17) is 10.5 Å².